The number of amides is 2. The minimum absolute atomic E-state index is 0.0640. The highest BCUT2D eigenvalue weighted by Gasteiger charge is 2.41. The lowest BCUT2D eigenvalue weighted by molar-refractivity contribution is -0.154. The molecule has 25 heavy (non-hydrogen) atoms. The Kier molecular flexibility index (Phi) is 5.30. The number of nitrogens with one attached hydrogen (secondary N) is 1. The fourth-order valence-corrected chi connectivity index (χ4v) is 4.21. The second-order valence-electron chi connectivity index (χ2n) is 7.29. The molecule has 0 spiro atoms. The van der Waals surface area contributed by atoms with E-state index in [1.54, 1.807) is 4.68 Å². The molecular formula is C18H28N4O3. The second kappa shape index (κ2) is 7.45. The zero-order valence-electron chi connectivity index (χ0n) is 15.2. The first-order valence-corrected chi connectivity index (χ1v) is 9.17. The van der Waals surface area contributed by atoms with Gasteiger partial charge in [0, 0.05) is 31.9 Å². The van der Waals surface area contributed by atoms with Crippen molar-refractivity contribution in [2.75, 3.05) is 20.2 Å². The maximum Gasteiger partial charge on any atom is 0.317 e. The van der Waals surface area contributed by atoms with Crippen molar-refractivity contribution in [1.82, 2.24) is 20.0 Å². The van der Waals surface area contributed by atoms with E-state index in [2.05, 4.69) is 10.4 Å². The molecule has 1 saturated carbocycles. The molecule has 1 aromatic heterocycles. The number of urea groups is 1. The molecule has 0 bridgehead atoms. The molecule has 1 aliphatic carbocycles. The summed E-state index contributed by atoms with van der Waals surface area (Å²) in [5, 5.41) is 7.23. The molecule has 1 aliphatic heterocycles. The molecule has 0 aromatic carbocycles. The quantitative estimate of drug-likeness (QED) is 0.848. The van der Waals surface area contributed by atoms with Gasteiger partial charge in [0.2, 0.25) is 0 Å². The van der Waals surface area contributed by atoms with Gasteiger partial charge in [-0.05, 0) is 25.7 Å². The molecule has 1 saturated heterocycles. The second-order valence-corrected chi connectivity index (χ2v) is 7.29. The Morgan fingerprint density at radius 2 is 2.08 bits per heavy atom. The first-order chi connectivity index (χ1) is 12.1. The third kappa shape index (κ3) is 3.65. The molecule has 2 fully saturated rings. The van der Waals surface area contributed by atoms with Crippen molar-refractivity contribution in [2.45, 2.75) is 51.0 Å². The minimum Gasteiger partial charge on any atom is -0.469 e. The summed E-state index contributed by atoms with van der Waals surface area (Å²) < 4.78 is 6.79. The van der Waals surface area contributed by atoms with Crippen molar-refractivity contribution in [3.05, 3.63) is 18.0 Å². The smallest absolute Gasteiger partial charge is 0.317 e. The summed E-state index contributed by atoms with van der Waals surface area (Å²) in [7, 11) is 3.31. The number of rotatable bonds is 4. The Labute approximate surface area is 148 Å². The number of esters is 1. The maximum atomic E-state index is 12.8. The maximum absolute atomic E-state index is 12.8. The average molecular weight is 348 g/mol. The van der Waals surface area contributed by atoms with Gasteiger partial charge in [0.15, 0.2) is 0 Å². The largest absolute Gasteiger partial charge is 0.469 e. The first-order valence-electron chi connectivity index (χ1n) is 9.17. The van der Waals surface area contributed by atoms with Crippen molar-refractivity contribution < 1.29 is 14.3 Å². The number of carbonyl (C=O) groups is 2. The number of aryl methyl sites for hydroxylation is 1. The summed E-state index contributed by atoms with van der Waals surface area (Å²) in [5.74, 6) is -0.197. The monoisotopic (exact) mass is 348 g/mol. The summed E-state index contributed by atoms with van der Waals surface area (Å²) in [5.41, 5.74) is 0.502. The van der Waals surface area contributed by atoms with Crippen LogP contribution >= 0.6 is 0 Å². The highest BCUT2D eigenvalue weighted by atomic mass is 16.5. The first kappa shape index (κ1) is 17.8. The number of likely N-dealkylation sites (tertiary alicyclic amines) is 1. The molecule has 138 valence electrons. The Bertz CT molecular complexity index is 622. The summed E-state index contributed by atoms with van der Waals surface area (Å²) in [6.45, 7) is 1.09. The van der Waals surface area contributed by atoms with E-state index in [0.717, 1.165) is 57.1 Å². The van der Waals surface area contributed by atoms with E-state index in [1.807, 2.05) is 24.3 Å². The molecule has 1 N–H and O–H groups in total. The number of nitrogens with zero attached hydrogens (tertiary/aromatic N) is 3. The highest BCUT2D eigenvalue weighted by molar-refractivity contribution is 5.79. The molecule has 2 heterocycles. The average Bonchev–Trinajstić information content (AvgIpc) is 3.28. The van der Waals surface area contributed by atoms with Crippen LogP contribution in [0.1, 0.15) is 56.6 Å². The lowest BCUT2D eigenvalue weighted by atomic mass is 9.74. The number of ether oxygens (including phenoxy) is 1. The molecule has 2 amide bonds. The minimum atomic E-state index is -0.563. The van der Waals surface area contributed by atoms with Gasteiger partial charge in [-0.2, -0.15) is 5.10 Å². The lowest BCUT2D eigenvalue weighted by Crippen LogP contribution is -2.48. The van der Waals surface area contributed by atoms with Gasteiger partial charge in [-0.1, -0.05) is 19.3 Å². The molecule has 3 rings (SSSR count). The van der Waals surface area contributed by atoms with Crippen LogP contribution in [0.25, 0.3) is 0 Å². The SMILES string of the molecule is COC(=O)C1(CNC(=O)N2CCC[C@@H]2c2cnn(C)c2)CCCCC1. The topological polar surface area (TPSA) is 76.5 Å². The predicted molar refractivity (Wildman–Crippen MR) is 92.8 cm³/mol. The van der Waals surface area contributed by atoms with E-state index < -0.39 is 5.41 Å². The highest BCUT2D eigenvalue weighted by Crippen LogP contribution is 2.37. The Morgan fingerprint density at radius 3 is 2.72 bits per heavy atom. The fraction of sp³-hybridized carbons (Fsp3) is 0.722. The molecule has 7 nitrogen and oxygen atoms in total. The third-order valence-corrected chi connectivity index (χ3v) is 5.63. The molecule has 0 radical (unpaired) electrons. The van der Waals surface area contributed by atoms with Crippen LogP contribution in [-0.2, 0) is 16.6 Å². The Morgan fingerprint density at radius 1 is 1.32 bits per heavy atom. The van der Waals surface area contributed by atoms with E-state index in [-0.39, 0.29) is 18.0 Å². The molecule has 0 unspecified atom stereocenters. The summed E-state index contributed by atoms with van der Waals surface area (Å²) in [6, 6.07) is -0.0330. The lowest BCUT2D eigenvalue weighted by Gasteiger charge is -2.35. The van der Waals surface area contributed by atoms with Gasteiger partial charge in [-0.3, -0.25) is 9.48 Å². The Hall–Kier alpha value is -2.05. The summed E-state index contributed by atoms with van der Waals surface area (Å²) in [6.07, 6.45) is 10.4. The zero-order valence-corrected chi connectivity index (χ0v) is 15.2. The third-order valence-electron chi connectivity index (χ3n) is 5.63. The van der Waals surface area contributed by atoms with Gasteiger partial charge in [-0.25, -0.2) is 4.79 Å². The van der Waals surface area contributed by atoms with Crippen molar-refractivity contribution in [1.29, 1.82) is 0 Å². The number of methoxy groups -OCH3 is 1. The Balaban J connectivity index is 1.65. The van der Waals surface area contributed by atoms with Gasteiger partial charge in [-0.15, -0.1) is 0 Å². The van der Waals surface area contributed by atoms with Crippen LogP contribution in [0.15, 0.2) is 12.4 Å². The van der Waals surface area contributed by atoms with Crippen LogP contribution in [-0.4, -0.2) is 46.9 Å². The number of hydrogen-bond acceptors (Lipinski definition) is 4. The molecule has 1 aromatic rings. The van der Waals surface area contributed by atoms with Crippen molar-refractivity contribution >= 4 is 12.0 Å². The number of hydrogen-bond donors (Lipinski definition) is 1. The molecular weight excluding hydrogens is 320 g/mol. The van der Waals surface area contributed by atoms with Crippen LogP contribution in [0.4, 0.5) is 4.79 Å². The predicted octanol–water partition coefficient (Wildman–Crippen LogP) is 2.39. The summed E-state index contributed by atoms with van der Waals surface area (Å²) in [4.78, 5) is 26.9. The van der Waals surface area contributed by atoms with Crippen LogP contribution in [0, 0.1) is 5.41 Å². The van der Waals surface area contributed by atoms with Gasteiger partial charge < -0.3 is 15.0 Å². The van der Waals surface area contributed by atoms with E-state index in [4.69, 9.17) is 4.74 Å². The zero-order chi connectivity index (χ0) is 17.9. The van der Waals surface area contributed by atoms with E-state index in [1.165, 1.54) is 7.11 Å². The van der Waals surface area contributed by atoms with Gasteiger partial charge in [0.1, 0.15) is 0 Å². The molecule has 1 atom stereocenters. The van der Waals surface area contributed by atoms with Crippen molar-refractivity contribution in [3.63, 3.8) is 0 Å². The normalized spacial score (nSPS) is 22.6. The molecule has 7 heteroatoms. The van der Waals surface area contributed by atoms with Crippen LogP contribution in [0.5, 0.6) is 0 Å². The van der Waals surface area contributed by atoms with E-state index >= 15 is 0 Å². The van der Waals surface area contributed by atoms with Crippen molar-refractivity contribution in [2.24, 2.45) is 12.5 Å². The fourth-order valence-electron chi connectivity index (χ4n) is 4.21. The summed E-state index contributed by atoms with van der Waals surface area (Å²) >= 11 is 0. The van der Waals surface area contributed by atoms with Gasteiger partial charge in [0.05, 0.1) is 24.8 Å². The number of carbonyl (C=O) groups excluding carboxylic acids is 2. The standard InChI is InChI=1S/C18H28N4O3/c1-21-12-14(11-20-21)15-7-6-10-22(15)17(24)19-13-18(16(23)25-2)8-4-3-5-9-18/h11-12,15H,3-10,13H2,1-2H3,(H,19,24)/t15-/m1/s1. The van der Waals surface area contributed by atoms with E-state index in [9.17, 15) is 9.59 Å². The number of aromatic nitrogens is 2. The van der Waals surface area contributed by atoms with Crippen LogP contribution in [0.3, 0.4) is 0 Å². The van der Waals surface area contributed by atoms with Crippen LogP contribution in [0.2, 0.25) is 0 Å². The van der Waals surface area contributed by atoms with E-state index in [0.29, 0.717) is 6.54 Å². The van der Waals surface area contributed by atoms with Crippen LogP contribution < -0.4 is 5.32 Å². The van der Waals surface area contributed by atoms with Gasteiger partial charge >= 0.3 is 12.0 Å². The van der Waals surface area contributed by atoms with Crippen molar-refractivity contribution in [3.8, 4) is 0 Å². The van der Waals surface area contributed by atoms with Gasteiger partial charge in [0.25, 0.3) is 0 Å². The molecule has 2 aliphatic rings.